The lowest BCUT2D eigenvalue weighted by Crippen LogP contribution is -2.36. The van der Waals surface area contributed by atoms with E-state index in [1.807, 2.05) is 44.4 Å². The normalized spacial score (nSPS) is 11.9. The van der Waals surface area contributed by atoms with E-state index >= 15 is 0 Å². The highest BCUT2D eigenvalue weighted by Gasteiger charge is 2.16. The highest BCUT2D eigenvalue weighted by molar-refractivity contribution is 9.10. The van der Waals surface area contributed by atoms with E-state index in [9.17, 15) is 4.79 Å². The van der Waals surface area contributed by atoms with Gasteiger partial charge in [0.2, 0.25) is 0 Å². The van der Waals surface area contributed by atoms with Gasteiger partial charge in [-0.3, -0.25) is 0 Å². The minimum absolute atomic E-state index is 0.0389. The lowest BCUT2D eigenvalue weighted by atomic mass is 10.1. The van der Waals surface area contributed by atoms with Gasteiger partial charge in [-0.05, 0) is 50.0 Å². The Balaban J connectivity index is 1.99. The number of halogens is 2. The average molecular weight is 427 g/mol. The van der Waals surface area contributed by atoms with Crippen LogP contribution >= 0.6 is 27.5 Å². The Bertz CT molecular complexity index is 723. The van der Waals surface area contributed by atoms with Crippen LogP contribution in [0.15, 0.2) is 46.9 Å². The second-order valence-electron chi connectivity index (χ2n) is 5.71. The van der Waals surface area contributed by atoms with Gasteiger partial charge in [-0.2, -0.15) is 0 Å². The van der Waals surface area contributed by atoms with Gasteiger partial charge < -0.3 is 20.3 Å². The molecule has 1 unspecified atom stereocenters. The van der Waals surface area contributed by atoms with Gasteiger partial charge in [0.1, 0.15) is 5.75 Å². The second-order valence-corrected chi connectivity index (χ2v) is 7.03. The maximum Gasteiger partial charge on any atom is 0.319 e. The van der Waals surface area contributed by atoms with Crippen molar-refractivity contribution in [2.24, 2.45) is 0 Å². The van der Waals surface area contributed by atoms with Gasteiger partial charge in [-0.25, -0.2) is 4.79 Å². The zero-order valence-corrected chi connectivity index (χ0v) is 16.7. The van der Waals surface area contributed by atoms with Crippen molar-refractivity contribution in [2.75, 3.05) is 33.1 Å². The van der Waals surface area contributed by atoms with Crippen molar-refractivity contribution in [1.29, 1.82) is 0 Å². The van der Waals surface area contributed by atoms with Crippen molar-refractivity contribution in [2.45, 2.75) is 6.04 Å². The highest BCUT2D eigenvalue weighted by Crippen LogP contribution is 2.25. The number of hydrogen-bond acceptors (Lipinski definition) is 3. The quantitative estimate of drug-likeness (QED) is 0.713. The van der Waals surface area contributed by atoms with Gasteiger partial charge >= 0.3 is 6.03 Å². The highest BCUT2D eigenvalue weighted by atomic mass is 79.9. The third-order valence-electron chi connectivity index (χ3n) is 3.76. The molecule has 0 saturated heterocycles. The molecular weight excluding hydrogens is 406 g/mol. The van der Waals surface area contributed by atoms with Crippen LogP contribution < -0.4 is 15.4 Å². The first-order chi connectivity index (χ1) is 11.9. The number of rotatable bonds is 6. The molecule has 0 heterocycles. The number of likely N-dealkylation sites (N-methyl/N-ethyl adjacent to an activating group) is 1. The molecule has 0 radical (unpaired) electrons. The minimum atomic E-state index is -0.301. The molecule has 2 N–H and O–H groups in total. The first-order valence-corrected chi connectivity index (χ1v) is 8.88. The van der Waals surface area contributed by atoms with E-state index in [-0.39, 0.29) is 12.1 Å². The first-order valence-electron chi connectivity index (χ1n) is 7.71. The number of urea groups is 1. The fraction of sp³-hybridized carbons (Fsp3) is 0.278. The first kappa shape index (κ1) is 19.6. The van der Waals surface area contributed by atoms with Crippen molar-refractivity contribution >= 4 is 39.2 Å². The molecule has 2 aromatic carbocycles. The van der Waals surface area contributed by atoms with Gasteiger partial charge in [0.15, 0.2) is 0 Å². The molecule has 25 heavy (non-hydrogen) atoms. The molecule has 1 atom stereocenters. The molecule has 2 amide bonds. The lowest BCUT2D eigenvalue weighted by molar-refractivity contribution is 0.243. The molecule has 0 aliphatic heterocycles. The fourth-order valence-electron chi connectivity index (χ4n) is 2.37. The molecule has 0 aliphatic rings. The molecule has 7 heteroatoms. The third-order valence-corrected chi connectivity index (χ3v) is 4.57. The Morgan fingerprint density at radius 3 is 2.48 bits per heavy atom. The summed E-state index contributed by atoms with van der Waals surface area (Å²) in [5.74, 6) is 0.803. The number of methoxy groups -OCH3 is 1. The summed E-state index contributed by atoms with van der Waals surface area (Å²) in [5.41, 5.74) is 1.65. The van der Waals surface area contributed by atoms with Crippen molar-refractivity contribution in [3.63, 3.8) is 0 Å². The van der Waals surface area contributed by atoms with Crippen LogP contribution in [0.1, 0.15) is 11.6 Å². The summed E-state index contributed by atoms with van der Waals surface area (Å²) in [6, 6.07) is 12.9. The van der Waals surface area contributed by atoms with Crippen LogP contribution in [0.4, 0.5) is 10.5 Å². The Kier molecular flexibility index (Phi) is 7.11. The average Bonchev–Trinajstić information content (AvgIpc) is 2.58. The fourth-order valence-corrected chi connectivity index (χ4v) is 3.09. The summed E-state index contributed by atoms with van der Waals surface area (Å²) >= 11 is 9.46. The monoisotopic (exact) mass is 425 g/mol. The van der Waals surface area contributed by atoms with Crippen molar-refractivity contribution in [1.82, 2.24) is 10.2 Å². The molecule has 5 nitrogen and oxygen atoms in total. The van der Waals surface area contributed by atoms with E-state index < -0.39 is 0 Å². The van der Waals surface area contributed by atoms with Crippen LogP contribution in [-0.4, -0.2) is 38.7 Å². The number of nitrogens with zero attached hydrogens (tertiary/aromatic N) is 1. The van der Waals surface area contributed by atoms with Crippen molar-refractivity contribution in [3.8, 4) is 5.75 Å². The van der Waals surface area contributed by atoms with E-state index in [2.05, 4.69) is 31.5 Å². The smallest absolute Gasteiger partial charge is 0.319 e. The van der Waals surface area contributed by atoms with Crippen molar-refractivity contribution in [3.05, 3.63) is 57.5 Å². The predicted molar refractivity (Wildman–Crippen MR) is 106 cm³/mol. The van der Waals surface area contributed by atoms with E-state index in [1.165, 1.54) is 0 Å². The van der Waals surface area contributed by atoms with Gasteiger partial charge in [0.25, 0.3) is 0 Å². The standard InChI is InChI=1S/C18H21BrClN3O2/c1-23(2)17(12-4-7-14(25-3)8-5-12)11-21-18(24)22-16-9-6-13(19)10-15(16)20/h4-10,17H,11H2,1-3H3,(H2,21,22,24). The summed E-state index contributed by atoms with van der Waals surface area (Å²) < 4.78 is 6.04. The Morgan fingerprint density at radius 1 is 1.24 bits per heavy atom. The zero-order chi connectivity index (χ0) is 18.4. The Labute approximate surface area is 161 Å². The molecule has 0 bridgehead atoms. The minimum Gasteiger partial charge on any atom is -0.497 e. The van der Waals surface area contributed by atoms with Gasteiger partial charge in [0, 0.05) is 11.0 Å². The maximum absolute atomic E-state index is 12.2. The number of carbonyl (C=O) groups is 1. The maximum atomic E-state index is 12.2. The predicted octanol–water partition coefficient (Wildman–Crippen LogP) is 4.54. The van der Waals surface area contributed by atoms with Crippen molar-refractivity contribution < 1.29 is 9.53 Å². The van der Waals surface area contributed by atoms with E-state index in [0.29, 0.717) is 17.3 Å². The van der Waals surface area contributed by atoms with E-state index in [0.717, 1.165) is 15.8 Å². The van der Waals surface area contributed by atoms with Crippen LogP contribution in [0.5, 0.6) is 5.75 Å². The Morgan fingerprint density at radius 2 is 1.92 bits per heavy atom. The van der Waals surface area contributed by atoms with Gasteiger partial charge in [-0.15, -0.1) is 0 Å². The summed E-state index contributed by atoms with van der Waals surface area (Å²) in [6.45, 7) is 0.458. The number of amides is 2. The van der Waals surface area contributed by atoms with Crippen LogP contribution in [0.3, 0.4) is 0 Å². The number of ether oxygens (including phenoxy) is 1. The van der Waals surface area contributed by atoms with Crippen LogP contribution in [0.25, 0.3) is 0 Å². The van der Waals surface area contributed by atoms with Crippen LogP contribution in [0.2, 0.25) is 5.02 Å². The number of benzene rings is 2. The van der Waals surface area contributed by atoms with E-state index in [1.54, 1.807) is 19.2 Å². The number of nitrogens with one attached hydrogen (secondary N) is 2. The lowest BCUT2D eigenvalue weighted by Gasteiger charge is -2.25. The molecular formula is C18H21BrClN3O2. The topological polar surface area (TPSA) is 53.6 Å². The molecule has 0 saturated carbocycles. The molecule has 0 spiro atoms. The van der Waals surface area contributed by atoms with Gasteiger partial charge in [0.05, 0.1) is 23.9 Å². The summed E-state index contributed by atoms with van der Waals surface area (Å²) in [4.78, 5) is 14.2. The number of anilines is 1. The molecule has 134 valence electrons. The summed E-state index contributed by atoms with van der Waals surface area (Å²) in [6.07, 6.45) is 0. The molecule has 0 aromatic heterocycles. The largest absolute Gasteiger partial charge is 0.497 e. The SMILES string of the molecule is COc1ccc(C(CNC(=O)Nc2ccc(Br)cc2Cl)N(C)C)cc1. The summed E-state index contributed by atoms with van der Waals surface area (Å²) in [7, 11) is 5.58. The molecule has 2 aromatic rings. The zero-order valence-electron chi connectivity index (χ0n) is 14.3. The third kappa shape index (κ3) is 5.63. The van der Waals surface area contributed by atoms with Crippen LogP contribution in [0, 0.1) is 0 Å². The Hall–Kier alpha value is -1.76. The molecule has 0 aliphatic carbocycles. The molecule has 2 rings (SSSR count). The summed E-state index contributed by atoms with van der Waals surface area (Å²) in [5, 5.41) is 6.12. The number of carbonyl (C=O) groups excluding carboxylic acids is 1. The van der Waals surface area contributed by atoms with Gasteiger partial charge in [-0.1, -0.05) is 39.7 Å². The second kappa shape index (κ2) is 9.08. The molecule has 0 fully saturated rings. The van der Waals surface area contributed by atoms with E-state index in [4.69, 9.17) is 16.3 Å². The van der Waals surface area contributed by atoms with Crippen LogP contribution in [-0.2, 0) is 0 Å². The number of hydrogen-bond donors (Lipinski definition) is 2.